The van der Waals surface area contributed by atoms with Crippen LogP contribution in [0.4, 0.5) is 10.2 Å². The molecular weight excluding hydrogens is 477 g/mol. The summed E-state index contributed by atoms with van der Waals surface area (Å²) >= 11 is 0. The molecule has 0 saturated heterocycles. The molecule has 0 unspecified atom stereocenters. The van der Waals surface area contributed by atoms with E-state index in [1.165, 1.54) is 28.9 Å². The molecule has 5 aromatic rings. The molecule has 2 aromatic heterocycles. The highest BCUT2D eigenvalue weighted by molar-refractivity contribution is 6.03. The maximum Gasteiger partial charge on any atom is 0.359 e. The van der Waals surface area contributed by atoms with Gasteiger partial charge in [0.05, 0.1) is 22.5 Å². The number of nitrogens with one attached hydrogen (secondary N) is 1. The fourth-order valence-electron chi connectivity index (χ4n) is 3.83. The van der Waals surface area contributed by atoms with Crippen molar-refractivity contribution in [1.29, 1.82) is 0 Å². The Bertz CT molecular complexity index is 1680. The summed E-state index contributed by atoms with van der Waals surface area (Å²) in [6.07, 6.45) is 0. The summed E-state index contributed by atoms with van der Waals surface area (Å²) in [7, 11) is 0. The van der Waals surface area contributed by atoms with Crippen molar-refractivity contribution in [1.82, 2.24) is 19.6 Å². The number of hydrogen-bond donors (Lipinski definition) is 1. The Kier molecular flexibility index (Phi) is 6.29. The van der Waals surface area contributed by atoms with Crippen LogP contribution < -0.4 is 10.9 Å². The van der Waals surface area contributed by atoms with Crippen LogP contribution in [0.3, 0.4) is 0 Å². The second-order valence-electron chi connectivity index (χ2n) is 8.13. The Balaban J connectivity index is 1.37. The molecule has 0 bridgehead atoms. The van der Waals surface area contributed by atoms with E-state index in [0.29, 0.717) is 28.3 Å². The van der Waals surface area contributed by atoms with E-state index in [4.69, 9.17) is 4.74 Å². The molecule has 9 nitrogen and oxygen atoms in total. The van der Waals surface area contributed by atoms with E-state index in [9.17, 15) is 18.8 Å². The highest BCUT2D eigenvalue weighted by Crippen LogP contribution is 2.19. The third kappa shape index (κ3) is 4.85. The predicted molar refractivity (Wildman–Crippen MR) is 135 cm³/mol. The monoisotopic (exact) mass is 497 g/mol. The van der Waals surface area contributed by atoms with Gasteiger partial charge in [-0.25, -0.2) is 13.9 Å². The number of hydrogen-bond acceptors (Lipinski definition) is 6. The van der Waals surface area contributed by atoms with E-state index < -0.39 is 24.3 Å². The summed E-state index contributed by atoms with van der Waals surface area (Å²) in [5.74, 6) is -1.55. The molecule has 0 saturated carbocycles. The van der Waals surface area contributed by atoms with Crippen molar-refractivity contribution in [3.63, 3.8) is 0 Å². The first-order valence-electron chi connectivity index (χ1n) is 11.3. The van der Waals surface area contributed by atoms with Crippen molar-refractivity contribution < 1.29 is 18.7 Å². The summed E-state index contributed by atoms with van der Waals surface area (Å²) in [5.41, 5.74) is 1.16. The SMILES string of the molecule is Cc1cc(NC(=O)COC(=O)c2nn(-c3ccccc3)c(=O)c3ccccc23)n(-c2ccc(F)cc2)n1. The number of esters is 1. The number of fused-ring (bicyclic) bond motifs is 1. The van der Waals surface area contributed by atoms with Gasteiger partial charge in [0.1, 0.15) is 11.6 Å². The number of carbonyl (C=O) groups is 2. The molecule has 37 heavy (non-hydrogen) atoms. The third-order valence-corrected chi connectivity index (χ3v) is 5.50. The second kappa shape index (κ2) is 9.86. The van der Waals surface area contributed by atoms with Gasteiger partial charge in [0.25, 0.3) is 11.5 Å². The minimum absolute atomic E-state index is 0.0981. The molecule has 0 aliphatic carbocycles. The molecule has 1 N–H and O–H groups in total. The quantitative estimate of drug-likeness (QED) is 0.358. The van der Waals surface area contributed by atoms with Gasteiger partial charge < -0.3 is 10.1 Å². The molecular formula is C27H20FN5O4. The largest absolute Gasteiger partial charge is 0.451 e. The summed E-state index contributed by atoms with van der Waals surface area (Å²) in [4.78, 5) is 38.6. The summed E-state index contributed by atoms with van der Waals surface area (Å²) in [6, 6.07) is 22.5. The Morgan fingerprint density at radius 1 is 0.865 bits per heavy atom. The first-order chi connectivity index (χ1) is 17.9. The summed E-state index contributed by atoms with van der Waals surface area (Å²) in [6.45, 7) is 1.14. The van der Waals surface area contributed by atoms with E-state index in [1.807, 2.05) is 0 Å². The second-order valence-corrected chi connectivity index (χ2v) is 8.13. The van der Waals surface area contributed by atoms with Crippen molar-refractivity contribution in [2.24, 2.45) is 0 Å². The van der Waals surface area contributed by atoms with Crippen LogP contribution in [0.2, 0.25) is 0 Å². The van der Waals surface area contributed by atoms with Crippen molar-refractivity contribution in [3.05, 3.63) is 112 Å². The number of amides is 1. The number of ether oxygens (including phenoxy) is 1. The van der Waals surface area contributed by atoms with Crippen molar-refractivity contribution in [3.8, 4) is 11.4 Å². The molecule has 0 atom stereocenters. The highest BCUT2D eigenvalue weighted by atomic mass is 19.1. The van der Waals surface area contributed by atoms with Crippen LogP contribution in [0, 0.1) is 12.7 Å². The first-order valence-corrected chi connectivity index (χ1v) is 11.3. The van der Waals surface area contributed by atoms with Gasteiger partial charge in [0.2, 0.25) is 0 Å². The van der Waals surface area contributed by atoms with Crippen LogP contribution in [-0.2, 0) is 9.53 Å². The molecule has 0 aliphatic rings. The molecule has 1 amide bonds. The number of nitrogens with zero attached hydrogens (tertiary/aromatic N) is 4. The number of carbonyl (C=O) groups excluding carboxylic acids is 2. The minimum Gasteiger partial charge on any atom is -0.451 e. The minimum atomic E-state index is -0.862. The molecule has 10 heteroatoms. The third-order valence-electron chi connectivity index (χ3n) is 5.50. The smallest absolute Gasteiger partial charge is 0.359 e. The number of rotatable bonds is 6. The molecule has 3 aromatic carbocycles. The van der Waals surface area contributed by atoms with Crippen LogP contribution in [0.5, 0.6) is 0 Å². The summed E-state index contributed by atoms with van der Waals surface area (Å²) < 4.78 is 21.1. The van der Waals surface area contributed by atoms with Gasteiger partial charge in [-0.2, -0.15) is 14.9 Å². The highest BCUT2D eigenvalue weighted by Gasteiger charge is 2.20. The average molecular weight is 497 g/mol. The first kappa shape index (κ1) is 23.6. The van der Waals surface area contributed by atoms with Crippen molar-refractivity contribution in [2.75, 3.05) is 11.9 Å². The molecule has 0 spiro atoms. The Hall–Kier alpha value is -5.12. The summed E-state index contributed by atoms with van der Waals surface area (Å²) in [5, 5.41) is 11.8. The molecule has 0 aliphatic heterocycles. The van der Waals surface area contributed by atoms with Gasteiger partial charge in [0.15, 0.2) is 12.3 Å². The Labute approximate surface area is 209 Å². The zero-order valence-electron chi connectivity index (χ0n) is 19.6. The zero-order valence-corrected chi connectivity index (χ0v) is 19.6. The number of anilines is 1. The van der Waals surface area contributed by atoms with Gasteiger partial charge in [-0.15, -0.1) is 0 Å². The average Bonchev–Trinajstić information content (AvgIpc) is 3.28. The topological polar surface area (TPSA) is 108 Å². The number of benzene rings is 3. The van der Waals surface area contributed by atoms with Crippen LogP contribution in [0.1, 0.15) is 16.2 Å². The van der Waals surface area contributed by atoms with E-state index in [2.05, 4.69) is 15.5 Å². The number of aromatic nitrogens is 4. The predicted octanol–water partition coefficient (Wildman–Crippen LogP) is 3.81. The Morgan fingerprint density at radius 3 is 2.24 bits per heavy atom. The molecule has 5 rings (SSSR count). The normalized spacial score (nSPS) is 10.9. The van der Waals surface area contributed by atoms with Crippen LogP contribution >= 0.6 is 0 Å². The maximum absolute atomic E-state index is 13.3. The zero-order chi connectivity index (χ0) is 25.9. The van der Waals surface area contributed by atoms with Crippen LogP contribution in [0.25, 0.3) is 22.1 Å². The number of para-hydroxylation sites is 1. The lowest BCUT2D eigenvalue weighted by atomic mass is 10.1. The maximum atomic E-state index is 13.3. The van der Waals surface area contributed by atoms with E-state index in [1.54, 1.807) is 67.6 Å². The van der Waals surface area contributed by atoms with E-state index in [-0.39, 0.29) is 16.6 Å². The molecule has 184 valence electrons. The lowest BCUT2D eigenvalue weighted by molar-refractivity contribution is -0.119. The van der Waals surface area contributed by atoms with Crippen molar-refractivity contribution in [2.45, 2.75) is 6.92 Å². The van der Waals surface area contributed by atoms with Gasteiger partial charge in [-0.1, -0.05) is 36.4 Å². The van der Waals surface area contributed by atoms with E-state index in [0.717, 1.165) is 4.68 Å². The van der Waals surface area contributed by atoms with Gasteiger partial charge in [-0.05, 0) is 49.4 Å². The molecule has 2 heterocycles. The number of halogens is 1. The molecule has 0 radical (unpaired) electrons. The fourth-order valence-corrected chi connectivity index (χ4v) is 3.83. The molecule has 0 fully saturated rings. The van der Waals surface area contributed by atoms with E-state index >= 15 is 0 Å². The fraction of sp³-hybridized carbons (Fsp3) is 0.0741. The van der Waals surface area contributed by atoms with Gasteiger partial charge in [0, 0.05) is 11.5 Å². The van der Waals surface area contributed by atoms with Gasteiger partial charge >= 0.3 is 5.97 Å². The lowest BCUT2D eigenvalue weighted by Gasteiger charge is -2.11. The van der Waals surface area contributed by atoms with Crippen molar-refractivity contribution >= 4 is 28.5 Å². The lowest BCUT2D eigenvalue weighted by Crippen LogP contribution is -2.27. The van der Waals surface area contributed by atoms with Crippen LogP contribution in [-0.4, -0.2) is 38.0 Å². The number of aryl methyl sites for hydroxylation is 1. The standard InChI is InChI=1S/C27H20FN5O4/c1-17-15-23(32(30-17)20-13-11-18(28)12-14-20)29-24(34)16-37-27(36)25-21-9-5-6-10-22(21)26(35)33(31-25)19-7-3-2-4-8-19/h2-15H,16H2,1H3,(H,29,34). The van der Waals surface area contributed by atoms with Gasteiger partial charge in [-0.3, -0.25) is 9.59 Å². The van der Waals surface area contributed by atoms with Crippen LogP contribution in [0.15, 0.2) is 89.7 Å². The Morgan fingerprint density at radius 2 is 1.51 bits per heavy atom.